The molecule has 0 aliphatic carbocycles. The van der Waals surface area contributed by atoms with Crippen LogP contribution in [0.4, 0.5) is 11.4 Å². The van der Waals surface area contributed by atoms with Gasteiger partial charge in [0.2, 0.25) is 0 Å². The van der Waals surface area contributed by atoms with Gasteiger partial charge in [-0.15, -0.1) is 0 Å². The van der Waals surface area contributed by atoms with Crippen molar-refractivity contribution in [2.24, 2.45) is 0 Å². The molecule has 2 nitrogen and oxygen atoms in total. The Kier molecular flexibility index (Phi) is 3.34. The van der Waals surface area contributed by atoms with Crippen LogP contribution < -0.4 is 5.32 Å². The summed E-state index contributed by atoms with van der Waals surface area (Å²) in [6, 6.07) is 14.3. The molecule has 0 radical (unpaired) electrons. The Hall–Kier alpha value is -2.27. The number of hydrogen-bond donors (Lipinski definition) is 1. The number of nitrogens with one attached hydrogen (secondary N) is 1. The molecular weight excluding hydrogens is 220 g/mol. The van der Waals surface area contributed by atoms with Gasteiger partial charge in [-0.2, -0.15) is 5.26 Å². The molecule has 18 heavy (non-hydrogen) atoms. The predicted molar refractivity (Wildman–Crippen MR) is 75.1 cm³/mol. The maximum absolute atomic E-state index is 9.14. The number of nitrogens with zero attached hydrogens (tertiary/aromatic N) is 1. The second-order valence-corrected chi connectivity index (χ2v) is 4.60. The van der Waals surface area contributed by atoms with Crippen LogP contribution in [0.1, 0.15) is 22.3 Å². The highest BCUT2D eigenvalue weighted by molar-refractivity contribution is 5.69. The largest absolute Gasteiger partial charge is 0.354 e. The minimum Gasteiger partial charge on any atom is -0.354 e. The molecule has 1 N–H and O–H groups in total. The van der Waals surface area contributed by atoms with Gasteiger partial charge in [0.15, 0.2) is 0 Å². The lowest BCUT2D eigenvalue weighted by Crippen LogP contribution is -1.96. The van der Waals surface area contributed by atoms with Crippen LogP contribution in [0.2, 0.25) is 0 Å². The fourth-order valence-electron chi connectivity index (χ4n) is 1.96. The van der Waals surface area contributed by atoms with Crippen molar-refractivity contribution >= 4 is 11.4 Å². The predicted octanol–water partition coefficient (Wildman–Crippen LogP) is 4.23. The molecule has 0 aromatic heterocycles. The monoisotopic (exact) mass is 236 g/mol. The molecule has 0 aliphatic heterocycles. The normalized spacial score (nSPS) is 9.89. The van der Waals surface area contributed by atoms with Gasteiger partial charge in [-0.05, 0) is 50.1 Å². The number of nitriles is 1. The quantitative estimate of drug-likeness (QED) is 0.847. The fourth-order valence-corrected chi connectivity index (χ4v) is 1.96. The van der Waals surface area contributed by atoms with Crippen molar-refractivity contribution in [3.63, 3.8) is 0 Å². The molecule has 0 atom stereocenters. The molecule has 0 heterocycles. The lowest BCUT2D eigenvalue weighted by atomic mass is 10.1. The average molecular weight is 236 g/mol. The fraction of sp³-hybridized carbons (Fsp3) is 0.188. The summed E-state index contributed by atoms with van der Waals surface area (Å²) in [5, 5.41) is 12.5. The summed E-state index contributed by atoms with van der Waals surface area (Å²) in [5.74, 6) is 0. The van der Waals surface area contributed by atoms with Crippen LogP contribution in [0.3, 0.4) is 0 Å². The SMILES string of the molecule is Cc1ccc(Nc2ccc(C)cc2C#N)c(C)c1. The van der Waals surface area contributed by atoms with Crippen LogP contribution in [0.5, 0.6) is 0 Å². The first kappa shape index (κ1) is 12.2. The van der Waals surface area contributed by atoms with E-state index >= 15 is 0 Å². The third-order valence-corrected chi connectivity index (χ3v) is 2.95. The molecule has 2 rings (SSSR count). The van der Waals surface area contributed by atoms with E-state index in [1.54, 1.807) is 0 Å². The first-order valence-electron chi connectivity index (χ1n) is 5.95. The Labute approximate surface area is 108 Å². The van der Waals surface area contributed by atoms with Gasteiger partial charge >= 0.3 is 0 Å². The summed E-state index contributed by atoms with van der Waals surface area (Å²) >= 11 is 0. The van der Waals surface area contributed by atoms with Crippen LogP contribution in [0, 0.1) is 32.1 Å². The van der Waals surface area contributed by atoms with Gasteiger partial charge in [-0.3, -0.25) is 0 Å². The Morgan fingerprint density at radius 3 is 2.11 bits per heavy atom. The summed E-state index contributed by atoms with van der Waals surface area (Å²) in [6.45, 7) is 6.13. The van der Waals surface area contributed by atoms with Crippen molar-refractivity contribution in [2.75, 3.05) is 5.32 Å². The molecule has 0 fully saturated rings. The highest BCUT2D eigenvalue weighted by Gasteiger charge is 2.04. The van der Waals surface area contributed by atoms with Crippen molar-refractivity contribution in [3.05, 3.63) is 58.7 Å². The molecule has 2 heteroatoms. The first-order valence-corrected chi connectivity index (χ1v) is 5.95. The Morgan fingerprint density at radius 1 is 0.889 bits per heavy atom. The van der Waals surface area contributed by atoms with Crippen molar-refractivity contribution in [1.29, 1.82) is 5.26 Å². The standard InChI is InChI=1S/C16H16N2/c1-11-4-6-15(13(3)8-11)18-16-7-5-12(2)9-14(16)10-17/h4-9,18H,1-3H3. The molecule has 2 aromatic rings. The van der Waals surface area contributed by atoms with Crippen LogP contribution >= 0.6 is 0 Å². The zero-order valence-electron chi connectivity index (χ0n) is 10.9. The summed E-state index contributed by atoms with van der Waals surface area (Å²) in [6.07, 6.45) is 0. The van der Waals surface area contributed by atoms with Crippen molar-refractivity contribution < 1.29 is 0 Å². The van der Waals surface area contributed by atoms with Gasteiger partial charge in [-0.25, -0.2) is 0 Å². The Balaban J connectivity index is 2.37. The molecule has 0 spiro atoms. The van der Waals surface area contributed by atoms with E-state index in [4.69, 9.17) is 5.26 Å². The van der Waals surface area contributed by atoms with Crippen LogP contribution in [0.15, 0.2) is 36.4 Å². The molecule has 0 bridgehead atoms. The van der Waals surface area contributed by atoms with Gasteiger partial charge < -0.3 is 5.32 Å². The third kappa shape index (κ3) is 2.52. The number of anilines is 2. The molecule has 90 valence electrons. The van der Waals surface area contributed by atoms with Gasteiger partial charge in [-0.1, -0.05) is 23.8 Å². The smallest absolute Gasteiger partial charge is 0.101 e. The van der Waals surface area contributed by atoms with Crippen molar-refractivity contribution in [1.82, 2.24) is 0 Å². The van der Waals surface area contributed by atoms with E-state index < -0.39 is 0 Å². The minimum absolute atomic E-state index is 0.676. The number of hydrogen-bond acceptors (Lipinski definition) is 2. The van der Waals surface area contributed by atoms with Gasteiger partial charge in [0.1, 0.15) is 6.07 Å². The summed E-state index contributed by atoms with van der Waals surface area (Å²) < 4.78 is 0. The van der Waals surface area contributed by atoms with E-state index in [0.717, 1.165) is 16.9 Å². The van der Waals surface area contributed by atoms with Gasteiger partial charge in [0.25, 0.3) is 0 Å². The second-order valence-electron chi connectivity index (χ2n) is 4.60. The van der Waals surface area contributed by atoms with E-state index in [1.807, 2.05) is 31.2 Å². The zero-order valence-corrected chi connectivity index (χ0v) is 10.9. The molecule has 0 aliphatic rings. The lowest BCUT2D eigenvalue weighted by Gasteiger charge is -2.12. The molecule has 0 saturated carbocycles. The minimum atomic E-state index is 0.676. The van der Waals surface area contributed by atoms with Crippen LogP contribution in [0.25, 0.3) is 0 Å². The molecule has 0 unspecified atom stereocenters. The number of benzene rings is 2. The Morgan fingerprint density at radius 2 is 1.50 bits per heavy atom. The van der Waals surface area contributed by atoms with E-state index in [-0.39, 0.29) is 0 Å². The summed E-state index contributed by atoms with van der Waals surface area (Å²) in [7, 11) is 0. The highest BCUT2D eigenvalue weighted by atomic mass is 14.9. The third-order valence-electron chi connectivity index (χ3n) is 2.95. The van der Waals surface area contributed by atoms with Crippen molar-refractivity contribution in [2.45, 2.75) is 20.8 Å². The van der Waals surface area contributed by atoms with Crippen LogP contribution in [-0.4, -0.2) is 0 Å². The molecule has 0 amide bonds. The van der Waals surface area contributed by atoms with Gasteiger partial charge in [0.05, 0.1) is 11.3 Å². The van der Waals surface area contributed by atoms with E-state index in [0.29, 0.717) is 5.56 Å². The van der Waals surface area contributed by atoms with E-state index in [9.17, 15) is 0 Å². The Bertz CT molecular complexity index is 621. The number of rotatable bonds is 2. The maximum Gasteiger partial charge on any atom is 0.101 e. The molecule has 2 aromatic carbocycles. The second kappa shape index (κ2) is 4.93. The lowest BCUT2D eigenvalue weighted by molar-refractivity contribution is 1.35. The molecular formula is C16H16N2. The summed E-state index contributed by atoms with van der Waals surface area (Å²) in [4.78, 5) is 0. The first-order chi connectivity index (χ1) is 8.60. The molecule has 0 saturated heterocycles. The maximum atomic E-state index is 9.14. The van der Waals surface area contributed by atoms with Gasteiger partial charge in [0, 0.05) is 5.69 Å². The zero-order chi connectivity index (χ0) is 13.1. The van der Waals surface area contributed by atoms with Crippen molar-refractivity contribution in [3.8, 4) is 6.07 Å². The average Bonchev–Trinajstić information content (AvgIpc) is 2.34. The topological polar surface area (TPSA) is 35.8 Å². The number of aryl methyl sites for hydroxylation is 3. The van der Waals surface area contributed by atoms with Crippen LogP contribution in [-0.2, 0) is 0 Å². The highest BCUT2D eigenvalue weighted by Crippen LogP contribution is 2.24. The van der Waals surface area contributed by atoms with E-state index in [1.165, 1.54) is 11.1 Å². The summed E-state index contributed by atoms with van der Waals surface area (Å²) in [5.41, 5.74) is 6.09. The van der Waals surface area contributed by atoms with E-state index in [2.05, 4.69) is 37.4 Å².